The van der Waals surface area contributed by atoms with E-state index in [0.29, 0.717) is 0 Å². The lowest BCUT2D eigenvalue weighted by Crippen LogP contribution is -2.26. The van der Waals surface area contributed by atoms with Crippen LogP contribution in [0.2, 0.25) is 0 Å². The Morgan fingerprint density at radius 3 is 1.23 bits per heavy atom. The van der Waals surface area contributed by atoms with Crippen LogP contribution in [0.3, 0.4) is 0 Å². The van der Waals surface area contributed by atoms with Gasteiger partial charge in [0.15, 0.2) is 0 Å². The molecule has 0 N–H and O–H groups in total. The molecule has 6 aromatic carbocycles. The molecule has 0 radical (unpaired) electrons. The first kappa shape index (κ1) is 24.8. The van der Waals surface area contributed by atoms with Gasteiger partial charge in [-0.15, -0.1) is 0 Å². The van der Waals surface area contributed by atoms with Crippen LogP contribution in [0.5, 0.6) is 0 Å². The molecule has 39 heavy (non-hydrogen) atoms. The Morgan fingerprint density at radius 2 is 0.795 bits per heavy atom. The van der Waals surface area contributed by atoms with E-state index in [1.54, 1.807) is 0 Å². The monoisotopic (exact) mass is 516 g/mol. The van der Waals surface area contributed by atoms with Crippen LogP contribution in [0.4, 0.5) is 0 Å². The molecule has 6 aromatic rings. The summed E-state index contributed by atoms with van der Waals surface area (Å²) in [4.78, 5) is 0. The molecule has 0 heterocycles. The van der Waals surface area contributed by atoms with E-state index < -0.39 is 0 Å². The summed E-state index contributed by atoms with van der Waals surface area (Å²) in [6.07, 6.45) is 11.1. The first-order valence-corrected chi connectivity index (χ1v) is 15.2. The summed E-state index contributed by atoms with van der Waals surface area (Å²) in [5, 5.41) is 8.61. The summed E-state index contributed by atoms with van der Waals surface area (Å²) in [6, 6.07) is 47.5. The number of rotatable bonds is 2. The first-order chi connectivity index (χ1) is 19.3. The zero-order valence-corrected chi connectivity index (χ0v) is 23.5. The van der Waals surface area contributed by atoms with E-state index in [1.807, 2.05) is 0 Å². The smallest absolute Gasteiger partial charge is 0.0795 e. The summed E-state index contributed by atoms with van der Waals surface area (Å²) in [7, 11) is -0.234. The fraction of sp³-hybridized carbons (Fsp3) is 0.0526. The van der Waals surface area contributed by atoms with Crippen LogP contribution in [0.25, 0.3) is 33.7 Å². The lowest BCUT2D eigenvalue weighted by atomic mass is 9.93. The van der Waals surface area contributed by atoms with Gasteiger partial charge in [0.25, 0.3) is 0 Å². The molecule has 1 heteroatoms. The van der Waals surface area contributed by atoms with Gasteiger partial charge in [0.1, 0.15) is 0 Å². The van der Waals surface area contributed by atoms with Crippen molar-refractivity contribution in [1.82, 2.24) is 0 Å². The second-order valence-corrected chi connectivity index (χ2v) is 12.1. The van der Waals surface area contributed by atoms with Crippen molar-refractivity contribution in [3.05, 3.63) is 168 Å². The Balaban J connectivity index is 0.000000106. The molecule has 2 aliphatic rings. The van der Waals surface area contributed by atoms with Gasteiger partial charge in [-0.3, -0.25) is 0 Å². The number of hydrogen-bond donors (Lipinski definition) is 0. The summed E-state index contributed by atoms with van der Waals surface area (Å²) >= 11 is 0. The van der Waals surface area contributed by atoms with E-state index in [9.17, 15) is 0 Å². The standard InChI is InChI=1S/2C13H10.C12H12Si/c2*1-4-10-6-2-8-12-9-3-7-11(5-1)13(10)12;1-3-7-11(8-4-1)13-12-9-5-2-6-10-12/h2*1-8H,9H2;1-10H,13H2. The molecule has 8 rings (SSSR count). The highest BCUT2D eigenvalue weighted by Gasteiger charge is 2.07. The highest BCUT2D eigenvalue weighted by atomic mass is 28.2. The van der Waals surface area contributed by atoms with Crippen molar-refractivity contribution in [3.63, 3.8) is 0 Å². The minimum Gasteiger partial charge on any atom is -0.0795 e. The molecule has 0 fully saturated rings. The Bertz CT molecular complexity index is 1620. The van der Waals surface area contributed by atoms with Gasteiger partial charge in [-0.05, 0) is 56.6 Å². The van der Waals surface area contributed by atoms with E-state index in [2.05, 4.69) is 158 Å². The molecular weight excluding hydrogens is 485 g/mol. The van der Waals surface area contributed by atoms with E-state index in [1.165, 1.54) is 54.2 Å². The average Bonchev–Trinajstić information content (AvgIpc) is 3.00. The molecule has 0 saturated heterocycles. The molecule has 188 valence electrons. The second-order valence-electron chi connectivity index (χ2n) is 10.1. The minimum atomic E-state index is -0.234. The maximum absolute atomic E-state index is 2.23. The van der Waals surface area contributed by atoms with Crippen LogP contribution in [0, 0.1) is 0 Å². The summed E-state index contributed by atoms with van der Waals surface area (Å²) in [5.41, 5.74) is 5.63. The molecule has 0 spiro atoms. The number of hydrogen-bond acceptors (Lipinski definition) is 0. The molecule has 0 saturated carbocycles. The van der Waals surface area contributed by atoms with Gasteiger partial charge in [-0.25, -0.2) is 0 Å². The Labute approximate surface area is 233 Å². The van der Waals surface area contributed by atoms with Crippen molar-refractivity contribution in [3.8, 4) is 0 Å². The Morgan fingerprint density at radius 1 is 0.385 bits per heavy atom. The highest BCUT2D eigenvalue weighted by Crippen LogP contribution is 2.28. The van der Waals surface area contributed by atoms with Gasteiger partial charge in [-0.2, -0.15) is 0 Å². The quantitative estimate of drug-likeness (QED) is 0.208. The summed E-state index contributed by atoms with van der Waals surface area (Å²) < 4.78 is 0. The van der Waals surface area contributed by atoms with Crippen molar-refractivity contribution < 1.29 is 0 Å². The Kier molecular flexibility index (Phi) is 7.61. The predicted octanol–water partition coefficient (Wildman–Crippen LogP) is 7.62. The molecule has 2 aliphatic carbocycles. The molecule has 0 unspecified atom stereocenters. The predicted molar refractivity (Wildman–Crippen MR) is 174 cm³/mol. The maximum Gasteiger partial charge on any atom is 0.0875 e. The maximum atomic E-state index is 2.23. The number of allylic oxidation sites excluding steroid dienone is 2. The van der Waals surface area contributed by atoms with Gasteiger partial charge in [0, 0.05) is 0 Å². The average molecular weight is 517 g/mol. The lowest BCUT2D eigenvalue weighted by Gasteiger charge is -2.11. The minimum absolute atomic E-state index is 0.234. The third-order valence-corrected chi connectivity index (χ3v) is 9.17. The second kappa shape index (κ2) is 11.9. The Hall–Kier alpha value is -4.46. The fourth-order valence-electron chi connectivity index (χ4n) is 5.57. The van der Waals surface area contributed by atoms with Crippen LogP contribution < -0.4 is 10.4 Å². The number of benzene rings is 6. The van der Waals surface area contributed by atoms with Gasteiger partial charge in [-0.1, -0.05) is 168 Å². The van der Waals surface area contributed by atoms with Gasteiger partial charge < -0.3 is 0 Å². The molecular formula is C38H32Si. The molecule has 0 amide bonds. The normalized spacial score (nSPS) is 12.3. The molecule has 0 aliphatic heterocycles. The van der Waals surface area contributed by atoms with Crippen LogP contribution in [-0.4, -0.2) is 9.52 Å². The topological polar surface area (TPSA) is 0 Å². The fourth-order valence-corrected chi connectivity index (χ4v) is 7.06. The van der Waals surface area contributed by atoms with Crippen molar-refractivity contribution in [1.29, 1.82) is 0 Å². The van der Waals surface area contributed by atoms with Crippen LogP contribution >= 0.6 is 0 Å². The zero-order chi connectivity index (χ0) is 26.3. The third kappa shape index (κ3) is 5.85. The lowest BCUT2D eigenvalue weighted by molar-refractivity contribution is 1.29. The zero-order valence-electron chi connectivity index (χ0n) is 22.1. The van der Waals surface area contributed by atoms with E-state index >= 15 is 0 Å². The third-order valence-electron chi connectivity index (χ3n) is 7.41. The van der Waals surface area contributed by atoms with Crippen molar-refractivity contribution in [2.75, 3.05) is 0 Å². The van der Waals surface area contributed by atoms with E-state index in [4.69, 9.17) is 0 Å². The van der Waals surface area contributed by atoms with Crippen LogP contribution in [0.1, 0.15) is 22.3 Å². The van der Waals surface area contributed by atoms with E-state index in [0.717, 1.165) is 12.8 Å². The SMILES string of the molecule is C1=Cc2cccc3cccc(c23)C1.C1=Cc2cccc3cccc(c23)C1.c1ccc([SiH2]c2ccccc2)cc1. The highest BCUT2D eigenvalue weighted by molar-refractivity contribution is 6.67. The van der Waals surface area contributed by atoms with Crippen LogP contribution in [-0.2, 0) is 12.8 Å². The summed E-state index contributed by atoms with van der Waals surface area (Å²) in [6.45, 7) is 0. The van der Waals surface area contributed by atoms with Crippen molar-refractivity contribution >= 4 is 53.6 Å². The largest absolute Gasteiger partial charge is 0.0875 e. The van der Waals surface area contributed by atoms with Gasteiger partial charge >= 0.3 is 0 Å². The molecule has 0 bridgehead atoms. The van der Waals surface area contributed by atoms with Gasteiger partial charge in [0.2, 0.25) is 0 Å². The van der Waals surface area contributed by atoms with Crippen LogP contribution in [0.15, 0.2) is 146 Å². The first-order valence-electron chi connectivity index (χ1n) is 13.8. The van der Waals surface area contributed by atoms with Crippen molar-refractivity contribution in [2.24, 2.45) is 0 Å². The van der Waals surface area contributed by atoms with Gasteiger partial charge in [0.05, 0.1) is 9.52 Å². The van der Waals surface area contributed by atoms with E-state index in [-0.39, 0.29) is 9.52 Å². The molecule has 0 atom stereocenters. The molecule has 0 nitrogen and oxygen atoms in total. The summed E-state index contributed by atoms with van der Waals surface area (Å²) in [5.74, 6) is 0. The van der Waals surface area contributed by atoms with Crippen molar-refractivity contribution in [2.45, 2.75) is 12.8 Å². The molecule has 0 aromatic heterocycles.